The number of hydrogen-bond acceptors (Lipinski definition) is 4. The van der Waals surface area contributed by atoms with Crippen molar-refractivity contribution in [2.75, 3.05) is 0 Å². The number of rotatable bonds is 6. The highest BCUT2D eigenvalue weighted by Crippen LogP contribution is 2.34. The summed E-state index contributed by atoms with van der Waals surface area (Å²) in [4.78, 5) is 4.36. The van der Waals surface area contributed by atoms with Crippen molar-refractivity contribution in [2.45, 2.75) is 19.0 Å². The average molecular weight is 540 g/mol. The highest BCUT2D eigenvalue weighted by molar-refractivity contribution is 5.97. The first-order valence-electron chi connectivity index (χ1n) is 11.8. The number of fused-ring (bicyclic) bond motifs is 1. The molecule has 1 N–H and O–H groups in total. The molecule has 190 valence electrons. The van der Waals surface area contributed by atoms with Gasteiger partial charge in [0.25, 0.3) is 0 Å². The van der Waals surface area contributed by atoms with Gasteiger partial charge in [0.2, 0.25) is 0 Å². The summed E-state index contributed by atoms with van der Waals surface area (Å²) in [6.07, 6.45) is 3.67. The Morgan fingerprint density at radius 3 is 2.21 bits per heavy atom. The van der Waals surface area contributed by atoms with E-state index in [2.05, 4.69) is 59.7 Å². The quantitative estimate of drug-likeness (QED) is 0.246. The van der Waals surface area contributed by atoms with Gasteiger partial charge in [-0.25, -0.2) is 4.98 Å². The van der Waals surface area contributed by atoms with Gasteiger partial charge in [0.15, 0.2) is 0 Å². The van der Waals surface area contributed by atoms with Crippen LogP contribution >= 0.6 is 24.8 Å². The fraction of sp³-hybridized carbons (Fsp3) is 0.129. The van der Waals surface area contributed by atoms with E-state index in [1.165, 1.54) is 0 Å². The molecule has 0 radical (unpaired) electrons. The second kappa shape index (κ2) is 12.4. The lowest BCUT2D eigenvalue weighted by molar-refractivity contribution is 0.498. The van der Waals surface area contributed by atoms with E-state index in [1.54, 1.807) is 6.33 Å². The fourth-order valence-electron chi connectivity index (χ4n) is 4.71. The van der Waals surface area contributed by atoms with E-state index >= 15 is 0 Å². The molecule has 2 atom stereocenters. The fourth-order valence-corrected chi connectivity index (χ4v) is 4.71. The van der Waals surface area contributed by atoms with Crippen molar-refractivity contribution in [1.82, 2.24) is 14.9 Å². The Bertz CT molecular complexity index is 1620. The van der Waals surface area contributed by atoms with Gasteiger partial charge in [0, 0.05) is 18.7 Å². The number of hydrogen-bond donors (Lipinski definition) is 1. The van der Waals surface area contributed by atoms with Crippen molar-refractivity contribution in [3.05, 3.63) is 125 Å². The molecule has 0 bridgehead atoms. The van der Waals surface area contributed by atoms with Gasteiger partial charge in [-0.2, -0.15) is 10.5 Å². The van der Waals surface area contributed by atoms with Gasteiger partial charge in [-0.1, -0.05) is 60.7 Å². The van der Waals surface area contributed by atoms with Crippen LogP contribution in [0.4, 0.5) is 0 Å². The molecule has 7 heteroatoms. The van der Waals surface area contributed by atoms with Crippen LogP contribution in [0.15, 0.2) is 97.5 Å². The summed E-state index contributed by atoms with van der Waals surface area (Å²) in [6.45, 7) is 2.11. The first kappa shape index (κ1) is 28.4. The molecule has 0 aliphatic heterocycles. The van der Waals surface area contributed by atoms with Crippen LogP contribution in [0.5, 0.6) is 0 Å². The van der Waals surface area contributed by atoms with Crippen molar-refractivity contribution in [1.29, 1.82) is 10.5 Å². The number of aromatic nitrogens is 2. The van der Waals surface area contributed by atoms with E-state index in [0.717, 1.165) is 38.7 Å². The van der Waals surface area contributed by atoms with Gasteiger partial charge >= 0.3 is 0 Å². The second-order valence-electron chi connectivity index (χ2n) is 8.93. The largest absolute Gasteiger partial charge is 0.336 e. The molecule has 5 nitrogen and oxygen atoms in total. The number of halogens is 2. The van der Waals surface area contributed by atoms with E-state index < -0.39 is 0 Å². The third-order valence-electron chi connectivity index (χ3n) is 6.68. The lowest BCUT2D eigenvalue weighted by atomic mass is 9.91. The van der Waals surface area contributed by atoms with Crippen LogP contribution in [0.3, 0.4) is 0 Å². The number of aryl methyl sites for hydroxylation is 1. The molecular weight excluding hydrogens is 513 g/mol. The van der Waals surface area contributed by atoms with E-state index in [-0.39, 0.29) is 36.9 Å². The van der Waals surface area contributed by atoms with Gasteiger partial charge in [-0.05, 0) is 58.7 Å². The summed E-state index contributed by atoms with van der Waals surface area (Å²) in [5.41, 5.74) is 6.37. The topological polar surface area (TPSA) is 77.4 Å². The first-order valence-corrected chi connectivity index (χ1v) is 11.8. The highest BCUT2D eigenvalue weighted by Gasteiger charge is 2.22. The zero-order valence-corrected chi connectivity index (χ0v) is 22.6. The minimum absolute atomic E-state index is 0. The van der Waals surface area contributed by atoms with Gasteiger partial charge in [0.1, 0.15) is 0 Å². The summed E-state index contributed by atoms with van der Waals surface area (Å²) >= 11 is 0. The predicted molar refractivity (Wildman–Crippen MR) is 156 cm³/mol. The number of imidazole rings is 1. The Balaban J connectivity index is 0.00000200. The van der Waals surface area contributed by atoms with Crippen molar-refractivity contribution in [3.63, 3.8) is 0 Å². The number of nitriles is 2. The van der Waals surface area contributed by atoms with Gasteiger partial charge in [0.05, 0.1) is 47.5 Å². The van der Waals surface area contributed by atoms with Crippen LogP contribution in [-0.2, 0) is 7.05 Å². The Morgan fingerprint density at radius 1 is 0.816 bits per heavy atom. The number of nitrogens with one attached hydrogen (secondary N) is 1. The predicted octanol–water partition coefficient (Wildman–Crippen LogP) is 7.27. The molecule has 0 amide bonds. The molecule has 4 aromatic carbocycles. The second-order valence-corrected chi connectivity index (χ2v) is 8.93. The van der Waals surface area contributed by atoms with Crippen LogP contribution in [0, 0.1) is 22.7 Å². The molecule has 0 spiro atoms. The van der Waals surface area contributed by atoms with Gasteiger partial charge < -0.3 is 4.57 Å². The normalized spacial score (nSPS) is 11.9. The van der Waals surface area contributed by atoms with Gasteiger partial charge in [-0.15, -0.1) is 24.8 Å². The van der Waals surface area contributed by atoms with E-state index in [4.69, 9.17) is 5.26 Å². The molecular formula is C31H27Cl2N5. The molecule has 0 aliphatic rings. The van der Waals surface area contributed by atoms with Crippen molar-refractivity contribution in [3.8, 4) is 23.3 Å². The summed E-state index contributed by atoms with van der Waals surface area (Å²) < 4.78 is 2.01. The van der Waals surface area contributed by atoms with Crippen LogP contribution < -0.4 is 5.32 Å². The maximum Gasteiger partial charge on any atom is 0.0998 e. The van der Waals surface area contributed by atoms with Crippen molar-refractivity contribution >= 4 is 35.6 Å². The van der Waals surface area contributed by atoms with Crippen LogP contribution in [0.25, 0.3) is 21.9 Å². The smallest absolute Gasteiger partial charge is 0.0998 e. The standard InChI is InChI=1S/C31H25N5.2ClH/c1-21(23-12-10-22(17-32)11-13-23)35-31(30-19-34-20-36(30)2)25-14-15-26(18-33)29(16-25)28-9-5-7-24-6-3-4-8-27(24)28;;/h3-16,19-21,31,35H,1-2H3;2*1H. The summed E-state index contributed by atoms with van der Waals surface area (Å²) in [6, 6.07) is 32.6. The highest BCUT2D eigenvalue weighted by atomic mass is 35.5. The molecule has 0 saturated carbocycles. The van der Waals surface area contributed by atoms with E-state index in [0.29, 0.717) is 11.1 Å². The molecule has 1 heterocycles. The zero-order chi connectivity index (χ0) is 25.1. The lowest BCUT2D eigenvalue weighted by Crippen LogP contribution is -2.27. The summed E-state index contributed by atoms with van der Waals surface area (Å²) in [5.74, 6) is 0. The Morgan fingerprint density at radius 2 is 1.53 bits per heavy atom. The summed E-state index contributed by atoms with van der Waals surface area (Å²) in [5, 5.41) is 25.1. The summed E-state index contributed by atoms with van der Waals surface area (Å²) in [7, 11) is 1.98. The monoisotopic (exact) mass is 539 g/mol. The first-order chi connectivity index (χ1) is 17.6. The van der Waals surface area contributed by atoms with Gasteiger partial charge in [-0.3, -0.25) is 5.32 Å². The molecule has 5 rings (SSSR count). The maximum atomic E-state index is 9.94. The van der Waals surface area contributed by atoms with Crippen LogP contribution in [-0.4, -0.2) is 9.55 Å². The van der Waals surface area contributed by atoms with E-state index in [9.17, 15) is 5.26 Å². The molecule has 38 heavy (non-hydrogen) atoms. The molecule has 1 aromatic heterocycles. The maximum absolute atomic E-state index is 9.94. The third kappa shape index (κ3) is 5.57. The average Bonchev–Trinajstić information content (AvgIpc) is 3.36. The zero-order valence-electron chi connectivity index (χ0n) is 21.0. The number of benzene rings is 4. The molecule has 0 fully saturated rings. The Kier molecular flexibility index (Phi) is 9.29. The van der Waals surface area contributed by atoms with Crippen molar-refractivity contribution < 1.29 is 0 Å². The minimum atomic E-state index is -0.162. The Hall–Kier alpha value is -4.13. The van der Waals surface area contributed by atoms with Crippen molar-refractivity contribution in [2.24, 2.45) is 7.05 Å². The molecule has 2 unspecified atom stereocenters. The van der Waals surface area contributed by atoms with Crippen LogP contribution in [0.2, 0.25) is 0 Å². The van der Waals surface area contributed by atoms with Crippen LogP contribution in [0.1, 0.15) is 47.0 Å². The SMILES string of the molecule is CC(NC(c1ccc(C#N)c(-c2cccc3ccccc23)c1)c1cncn1C)c1ccc(C#N)cc1.Cl.Cl. The molecule has 5 aromatic rings. The van der Waals surface area contributed by atoms with E-state index in [1.807, 2.05) is 72.4 Å². The number of nitrogens with zero attached hydrogens (tertiary/aromatic N) is 4. The Labute approximate surface area is 235 Å². The third-order valence-corrected chi connectivity index (χ3v) is 6.68. The lowest BCUT2D eigenvalue weighted by Gasteiger charge is -2.25. The molecule has 0 saturated heterocycles. The molecule has 0 aliphatic carbocycles. The minimum Gasteiger partial charge on any atom is -0.336 e.